The number of aryl methyl sites for hydroxylation is 2. The van der Waals surface area contributed by atoms with E-state index in [-0.39, 0.29) is 28.9 Å². The summed E-state index contributed by atoms with van der Waals surface area (Å²) in [6.07, 6.45) is 2.95. The van der Waals surface area contributed by atoms with Crippen LogP contribution in [0.1, 0.15) is 27.9 Å². The number of halogens is 1. The highest BCUT2D eigenvalue weighted by atomic mass is 35.5. The van der Waals surface area contributed by atoms with Gasteiger partial charge in [0, 0.05) is 12.7 Å². The predicted octanol–water partition coefficient (Wildman–Crippen LogP) is 3.66. The number of aromatic nitrogens is 3. The first-order valence-corrected chi connectivity index (χ1v) is 12.6. The van der Waals surface area contributed by atoms with E-state index in [2.05, 4.69) is 15.3 Å². The molecule has 0 radical (unpaired) electrons. The summed E-state index contributed by atoms with van der Waals surface area (Å²) in [5.74, 6) is -0.537. The molecule has 0 saturated heterocycles. The summed E-state index contributed by atoms with van der Waals surface area (Å²) < 4.78 is 1.40. The van der Waals surface area contributed by atoms with Crippen molar-refractivity contribution in [1.29, 1.82) is 0 Å². The molecule has 0 aliphatic heterocycles. The predicted molar refractivity (Wildman–Crippen MR) is 148 cm³/mol. The second-order valence-electron chi connectivity index (χ2n) is 8.85. The van der Waals surface area contributed by atoms with Crippen LogP contribution in [0.2, 0.25) is 5.15 Å². The summed E-state index contributed by atoms with van der Waals surface area (Å²) >= 11 is 6.70. The van der Waals surface area contributed by atoms with Gasteiger partial charge >= 0.3 is 0 Å². The lowest BCUT2D eigenvalue weighted by molar-refractivity contribution is -0.128. The lowest BCUT2D eigenvalue weighted by atomic mass is 10.0. The minimum Gasteiger partial charge on any atom is -0.382 e. The highest BCUT2D eigenvalue weighted by Crippen LogP contribution is 2.28. The fourth-order valence-corrected chi connectivity index (χ4v) is 4.56. The number of nitrogens with one attached hydrogen (secondary N) is 2. The molecule has 0 saturated carbocycles. The van der Waals surface area contributed by atoms with Crippen molar-refractivity contribution in [2.75, 3.05) is 17.6 Å². The zero-order chi connectivity index (χ0) is 27.1. The fourth-order valence-electron chi connectivity index (χ4n) is 4.29. The van der Waals surface area contributed by atoms with Crippen LogP contribution in [-0.4, -0.2) is 32.2 Å². The van der Waals surface area contributed by atoms with Crippen molar-refractivity contribution in [2.45, 2.75) is 32.6 Å². The van der Waals surface area contributed by atoms with Gasteiger partial charge in [-0.05, 0) is 48.4 Å². The Hall–Kier alpha value is -4.21. The van der Waals surface area contributed by atoms with Crippen LogP contribution >= 0.6 is 11.6 Å². The number of nitrogens with zero attached hydrogens (tertiary/aromatic N) is 3. The van der Waals surface area contributed by atoms with Gasteiger partial charge < -0.3 is 11.1 Å². The normalized spacial score (nSPS) is 10.8. The number of amides is 1. The van der Waals surface area contributed by atoms with Crippen molar-refractivity contribution in [1.82, 2.24) is 20.0 Å². The van der Waals surface area contributed by atoms with Gasteiger partial charge in [0.15, 0.2) is 11.0 Å². The van der Waals surface area contributed by atoms with Crippen molar-refractivity contribution >= 4 is 29.1 Å². The Balaban J connectivity index is 1.81. The molecule has 9 nitrogen and oxygen atoms in total. The Bertz CT molecular complexity index is 1480. The van der Waals surface area contributed by atoms with Crippen molar-refractivity contribution < 1.29 is 10.0 Å². The first-order valence-electron chi connectivity index (χ1n) is 12.2. The lowest BCUT2D eigenvalue weighted by Crippen LogP contribution is -2.31. The Morgan fingerprint density at radius 2 is 1.66 bits per heavy atom. The molecule has 38 heavy (non-hydrogen) atoms. The molecule has 0 bridgehead atoms. The van der Waals surface area contributed by atoms with E-state index < -0.39 is 11.5 Å². The van der Waals surface area contributed by atoms with Crippen LogP contribution in [0.5, 0.6) is 0 Å². The molecular weight excluding hydrogens is 504 g/mol. The van der Waals surface area contributed by atoms with Gasteiger partial charge in [0.05, 0.1) is 17.8 Å². The Kier molecular flexibility index (Phi) is 8.73. The molecule has 2 aromatic heterocycles. The van der Waals surface area contributed by atoms with Crippen LogP contribution in [0.15, 0.2) is 71.7 Å². The van der Waals surface area contributed by atoms with Gasteiger partial charge in [-0.3, -0.25) is 19.4 Å². The molecule has 10 heteroatoms. The third-order valence-corrected chi connectivity index (χ3v) is 6.56. The van der Waals surface area contributed by atoms with Crippen LogP contribution in [0.25, 0.3) is 5.69 Å². The van der Waals surface area contributed by atoms with Crippen molar-refractivity contribution in [3.05, 3.63) is 110 Å². The van der Waals surface area contributed by atoms with Gasteiger partial charge in [0.1, 0.15) is 5.82 Å². The number of benzene rings is 2. The molecule has 4 rings (SSSR count). The highest BCUT2D eigenvalue weighted by Gasteiger charge is 2.23. The summed E-state index contributed by atoms with van der Waals surface area (Å²) in [6.45, 7) is 2.21. The molecule has 2 aromatic carbocycles. The Labute approximate surface area is 225 Å². The Morgan fingerprint density at radius 3 is 2.29 bits per heavy atom. The fraction of sp³-hybridized carbons (Fsp3) is 0.214. The van der Waals surface area contributed by atoms with Crippen LogP contribution in [0.3, 0.4) is 0 Å². The average molecular weight is 533 g/mol. The summed E-state index contributed by atoms with van der Waals surface area (Å²) in [5, 5.41) is 12.4. The second-order valence-corrected chi connectivity index (χ2v) is 9.21. The average Bonchev–Trinajstić information content (AvgIpc) is 2.93. The number of pyridine rings is 1. The van der Waals surface area contributed by atoms with Gasteiger partial charge in [0.2, 0.25) is 5.91 Å². The van der Waals surface area contributed by atoms with E-state index in [1.807, 2.05) is 60.7 Å². The highest BCUT2D eigenvalue weighted by molar-refractivity contribution is 6.30. The smallest absolute Gasteiger partial charge is 0.298 e. The molecule has 5 N–H and O–H groups in total. The summed E-state index contributed by atoms with van der Waals surface area (Å²) in [7, 11) is 0. The van der Waals surface area contributed by atoms with E-state index in [0.717, 1.165) is 11.1 Å². The molecule has 2 heterocycles. The zero-order valence-electron chi connectivity index (χ0n) is 20.9. The maximum Gasteiger partial charge on any atom is 0.298 e. The largest absolute Gasteiger partial charge is 0.382 e. The minimum absolute atomic E-state index is 0.0527. The van der Waals surface area contributed by atoms with Gasteiger partial charge in [-0.2, -0.15) is 0 Å². The third-order valence-electron chi connectivity index (χ3n) is 6.25. The summed E-state index contributed by atoms with van der Waals surface area (Å²) in [5.41, 5.74) is 11.4. The number of hydrogen-bond donors (Lipinski definition) is 4. The Morgan fingerprint density at radius 1 is 1.03 bits per heavy atom. The first kappa shape index (κ1) is 26.8. The number of rotatable bonds is 10. The van der Waals surface area contributed by atoms with Crippen molar-refractivity contribution in [2.24, 2.45) is 0 Å². The second kappa shape index (κ2) is 12.4. The van der Waals surface area contributed by atoms with E-state index in [0.29, 0.717) is 42.6 Å². The number of hydrogen-bond acceptors (Lipinski definition) is 7. The van der Waals surface area contributed by atoms with Gasteiger partial charge in [0.25, 0.3) is 5.56 Å². The van der Waals surface area contributed by atoms with Crippen LogP contribution in [0.4, 0.5) is 11.6 Å². The zero-order valence-corrected chi connectivity index (χ0v) is 21.7. The SMILES string of the molecule is Cc1cnc(N)c(-n2c(CCc3ccccc3)c(Cl)nc(NCCc3ccccc3)c2=O)c1CC(=O)NO. The number of anilines is 2. The van der Waals surface area contributed by atoms with Crippen LogP contribution < -0.4 is 22.1 Å². The maximum absolute atomic E-state index is 13.9. The monoisotopic (exact) mass is 532 g/mol. The number of carbonyl (C=O) groups excluding carboxylic acids is 1. The van der Waals surface area contributed by atoms with Gasteiger partial charge in [-0.1, -0.05) is 72.3 Å². The van der Waals surface area contributed by atoms with Gasteiger partial charge in [-0.25, -0.2) is 15.4 Å². The lowest BCUT2D eigenvalue weighted by Gasteiger charge is -2.21. The first-order chi connectivity index (χ1) is 18.4. The molecule has 196 valence electrons. The molecule has 0 atom stereocenters. The van der Waals surface area contributed by atoms with Gasteiger partial charge in [-0.15, -0.1) is 0 Å². The van der Waals surface area contributed by atoms with E-state index in [1.54, 1.807) is 12.4 Å². The standard InChI is InChI=1S/C28H29ClN6O3/c1-18-17-32-26(30)24(21(18)16-23(36)34-38)35-22(13-12-19-8-4-2-5-9-19)25(29)33-27(28(35)37)31-15-14-20-10-6-3-7-11-20/h2-11,17,38H,12-16H2,1H3,(H2,30,32)(H,31,33)(H,34,36). The van der Waals surface area contributed by atoms with E-state index in [4.69, 9.17) is 22.5 Å². The van der Waals surface area contributed by atoms with Crippen LogP contribution in [-0.2, 0) is 30.5 Å². The molecule has 1 amide bonds. The molecular formula is C28H29ClN6O3. The van der Waals surface area contributed by atoms with Crippen molar-refractivity contribution in [3.63, 3.8) is 0 Å². The summed E-state index contributed by atoms with van der Waals surface area (Å²) in [4.78, 5) is 34.7. The van der Waals surface area contributed by atoms with Crippen LogP contribution in [0, 0.1) is 6.92 Å². The topological polar surface area (TPSA) is 135 Å². The minimum atomic E-state index is -0.653. The number of carbonyl (C=O) groups is 1. The molecule has 4 aromatic rings. The van der Waals surface area contributed by atoms with Crippen molar-refractivity contribution in [3.8, 4) is 5.69 Å². The third kappa shape index (κ3) is 6.19. The van der Waals surface area contributed by atoms with E-state index >= 15 is 0 Å². The molecule has 0 aliphatic carbocycles. The quantitative estimate of drug-likeness (QED) is 0.181. The van der Waals surface area contributed by atoms with E-state index in [1.165, 1.54) is 10.8 Å². The maximum atomic E-state index is 13.9. The molecule has 0 aliphatic rings. The molecule has 0 unspecified atom stereocenters. The molecule has 0 fully saturated rings. The summed E-state index contributed by atoms with van der Waals surface area (Å²) in [6, 6.07) is 19.7. The number of nitrogens with two attached hydrogens (primary N) is 1. The van der Waals surface area contributed by atoms with E-state index in [9.17, 15) is 9.59 Å². The number of hydroxylamine groups is 1. The molecule has 0 spiro atoms. The number of nitrogen functional groups attached to an aromatic ring is 1.